The van der Waals surface area contributed by atoms with Crippen molar-refractivity contribution in [2.24, 2.45) is 0 Å². The number of carbonyl (C=O) groups is 5. The molecular weight excluding hydrogens is 562 g/mol. The number of hydrogen-bond acceptors (Lipinski definition) is 11. The number of ether oxygens (including phenoxy) is 6. The van der Waals surface area contributed by atoms with Gasteiger partial charge < -0.3 is 33.7 Å². The van der Waals surface area contributed by atoms with Crippen LogP contribution in [-0.2, 0) is 49.3 Å². The lowest BCUT2D eigenvalue weighted by molar-refractivity contribution is -0.288. The molecule has 1 heterocycles. The number of amides is 1. The largest absolute Gasteiger partial charge is 0.463 e. The highest BCUT2D eigenvalue weighted by Gasteiger charge is 2.53. The molecule has 0 aromatic heterocycles. The van der Waals surface area contributed by atoms with Gasteiger partial charge in [0.05, 0.1) is 6.04 Å². The van der Waals surface area contributed by atoms with Crippen molar-refractivity contribution < 1.29 is 52.4 Å². The van der Waals surface area contributed by atoms with Crippen LogP contribution in [0.4, 0.5) is 0 Å². The fraction of sp³-hybridized carbons (Fsp3) is 0.452. The highest BCUT2D eigenvalue weighted by molar-refractivity contribution is 5.94. The van der Waals surface area contributed by atoms with Crippen molar-refractivity contribution in [3.8, 4) is 5.75 Å². The number of rotatable bonds is 11. The summed E-state index contributed by atoms with van der Waals surface area (Å²) >= 11 is 0. The van der Waals surface area contributed by atoms with Crippen LogP contribution in [-0.4, -0.2) is 67.1 Å². The van der Waals surface area contributed by atoms with Crippen LogP contribution in [0.2, 0.25) is 0 Å². The van der Waals surface area contributed by atoms with Crippen molar-refractivity contribution in [1.82, 2.24) is 5.32 Å². The minimum absolute atomic E-state index is 0.215. The molecule has 1 fully saturated rings. The van der Waals surface area contributed by atoms with Gasteiger partial charge in [-0.05, 0) is 48.7 Å². The van der Waals surface area contributed by atoms with Crippen LogP contribution in [0.1, 0.15) is 69.1 Å². The SMILES string of the molecule is CCc1ccc(C(=O)NC(C)c2ccc(OC3OC(COC(C)=O)C(OC(C)=O)C(OC(C)=O)C3OC(C)=O)cc2)cc1. The van der Waals surface area contributed by atoms with E-state index in [0.29, 0.717) is 11.3 Å². The Hall–Kier alpha value is -4.45. The Labute approximate surface area is 249 Å². The lowest BCUT2D eigenvalue weighted by Crippen LogP contribution is -2.63. The van der Waals surface area contributed by atoms with E-state index in [2.05, 4.69) is 5.32 Å². The summed E-state index contributed by atoms with van der Waals surface area (Å²) < 4.78 is 33.3. The van der Waals surface area contributed by atoms with E-state index >= 15 is 0 Å². The van der Waals surface area contributed by atoms with Gasteiger partial charge in [-0.15, -0.1) is 0 Å². The predicted octanol–water partition coefficient (Wildman–Crippen LogP) is 3.20. The van der Waals surface area contributed by atoms with Gasteiger partial charge in [0, 0.05) is 33.3 Å². The lowest BCUT2D eigenvalue weighted by atomic mass is 9.98. The Kier molecular flexibility index (Phi) is 11.6. The van der Waals surface area contributed by atoms with E-state index in [1.54, 1.807) is 36.4 Å². The minimum Gasteiger partial charge on any atom is -0.463 e. The van der Waals surface area contributed by atoms with E-state index in [4.69, 9.17) is 28.4 Å². The summed E-state index contributed by atoms with van der Waals surface area (Å²) in [4.78, 5) is 60.2. The molecule has 0 bridgehead atoms. The van der Waals surface area contributed by atoms with Gasteiger partial charge >= 0.3 is 23.9 Å². The fourth-order valence-electron chi connectivity index (χ4n) is 4.51. The number of carbonyl (C=O) groups excluding carboxylic acids is 5. The molecule has 12 heteroatoms. The molecule has 2 aromatic carbocycles. The molecule has 1 amide bonds. The molecule has 0 spiro atoms. The third kappa shape index (κ3) is 9.53. The first kappa shape index (κ1) is 33.1. The van der Waals surface area contributed by atoms with Crippen LogP contribution in [0, 0.1) is 0 Å². The van der Waals surface area contributed by atoms with Gasteiger partial charge in [0.25, 0.3) is 5.91 Å². The Bertz CT molecular complexity index is 1290. The van der Waals surface area contributed by atoms with Crippen molar-refractivity contribution in [2.75, 3.05) is 6.61 Å². The second-order valence-electron chi connectivity index (χ2n) is 10.0. The topological polar surface area (TPSA) is 153 Å². The summed E-state index contributed by atoms with van der Waals surface area (Å²) in [6.07, 6.45) is -5.58. The van der Waals surface area contributed by atoms with Gasteiger partial charge in [0.1, 0.15) is 18.5 Å². The van der Waals surface area contributed by atoms with Crippen LogP contribution in [0.25, 0.3) is 0 Å². The molecule has 0 saturated carbocycles. The monoisotopic (exact) mass is 599 g/mol. The lowest BCUT2D eigenvalue weighted by Gasteiger charge is -2.43. The van der Waals surface area contributed by atoms with E-state index < -0.39 is 54.6 Å². The van der Waals surface area contributed by atoms with Gasteiger partial charge in [-0.2, -0.15) is 0 Å². The van der Waals surface area contributed by atoms with E-state index in [-0.39, 0.29) is 18.6 Å². The first-order valence-corrected chi connectivity index (χ1v) is 13.8. The molecular formula is C31H37NO11. The van der Waals surface area contributed by atoms with Crippen molar-refractivity contribution in [3.63, 3.8) is 0 Å². The number of hydrogen-bond donors (Lipinski definition) is 1. The maximum Gasteiger partial charge on any atom is 0.303 e. The second kappa shape index (κ2) is 15.1. The Balaban J connectivity index is 1.81. The highest BCUT2D eigenvalue weighted by atomic mass is 16.7. The summed E-state index contributed by atoms with van der Waals surface area (Å²) in [6, 6.07) is 13.8. The van der Waals surface area contributed by atoms with Gasteiger partial charge in [0.15, 0.2) is 12.2 Å². The standard InChI is InChI=1S/C31H37NO11/c1-7-22-8-10-24(11-9-22)30(37)32-17(2)23-12-14-25(15-13-23)42-31-29(41-21(6)36)28(40-20(5)35)27(39-19(4)34)26(43-31)16-38-18(3)33/h8-15,17,26-29,31H,7,16H2,1-6H3,(H,32,37). The molecule has 43 heavy (non-hydrogen) atoms. The molecule has 6 unspecified atom stereocenters. The Morgan fingerprint density at radius 1 is 0.767 bits per heavy atom. The van der Waals surface area contributed by atoms with Crippen LogP contribution in [0.3, 0.4) is 0 Å². The number of esters is 4. The molecule has 1 saturated heterocycles. The van der Waals surface area contributed by atoms with Gasteiger partial charge in [-0.1, -0.05) is 31.2 Å². The molecule has 232 valence electrons. The number of benzene rings is 2. The first-order valence-electron chi connectivity index (χ1n) is 13.8. The third-order valence-corrected chi connectivity index (χ3v) is 6.55. The van der Waals surface area contributed by atoms with E-state index in [0.717, 1.165) is 38.3 Å². The van der Waals surface area contributed by atoms with E-state index in [1.165, 1.54) is 6.92 Å². The molecule has 0 radical (unpaired) electrons. The zero-order valence-corrected chi connectivity index (χ0v) is 25.0. The van der Waals surface area contributed by atoms with E-state index in [9.17, 15) is 24.0 Å². The van der Waals surface area contributed by atoms with Gasteiger partial charge in [-0.3, -0.25) is 24.0 Å². The van der Waals surface area contributed by atoms with Crippen molar-refractivity contribution in [3.05, 3.63) is 65.2 Å². The minimum atomic E-state index is -1.35. The average Bonchev–Trinajstić information content (AvgIpc) is 2.94. The zero-order valence-electron chi connectivity index (χ0n) is 25.0. The summed E-state index contributed by atoms with van der Waals surface area (Å²) in [5.41, 5.74) is 2.47. The summed E-state index contributed by atoms with van der Waals surface area (Å²) in [5.74, 6) is -2.75. The van der Waals surface area contributed by atoms with Crippen LogP contribution < -0.4 is 10.1 Å². The van der Waals surface area contributed by atoms with Crippen LogP contribution in [0.15, 0.2) is 48.5 Å². The maximum atomic E-state index is 12.7. The highest BCUT2D eigenvalue weighted by Crippen LogP contribution is 2.31. The average molecular weight is 600 g/mol. The van der Waals surface area contributed by atoms with Crippen molar-refractivity contribution in [1.29, 1.82) is 0 Å². The fourth-order valence-corrected chi connectivity index (χ4v) is 4.51. The molecule has 1 N–H and O–H groups in total. The van der Waals surface area contributed by atoms with Crippen LogP contribution >= 0.6 is 0 Å². The molecule has 12 nitrogen and oxygen atoms in total. The Morgan fingerprint density at radius 3 is 1.86 bits per heavy atom. The normalized spacial score (nSPS) is 22.0. The smallest absolute Gasteiger partial charge is 0.303 e. The Morgan fingerprint density at radius 2 is 1.33 bits per heavy atom. The zero-order chi connectivity index (χ0) is 31.7. The molecule has 6 atom stereocenters. The summed E-state index contributed by atoms with van der Waals surface area (Å²) in [6.45, 7) is 8.14. The van der Waals surface area contributed by atoms with E-state index in [1.807, 2.05) is 26.0 Å². The number of nitrogens with one attached hydrogen (secondary N) is 1. The predicted molar refractivity (Wildman–Crippen MR) is 151 cm³/mol. The third-order valence-electron chi connectivity index (χ3n) is 6.55. The van der Waals surface area contributed by atoms with Crippen molar-refractivity contribution >= 4 is 29.8 Å². The second-order valence-corrected chi connectivity index (χ2v) is 10.0. The molecule has 0 aliphatic carbocycles. The first-order chi connectivity index (χ1) is 20.4. The van der Waals surface area contributed by atoms with Gasteiger partial charge in [0.2, 0.25) is 12.4 Å². The molecule has 3 rings (SSSR count). The molecule has 1 aliphatic heterocycles. The quantitative estimate of drug-likeness (QED) is 0.299. The summed E-state index contributed by atoms with van der Waals surface area (Å²) in [7, 11) is 0. The van der Waals surface area contributed by atoms with Crippen LogP contribution in [0.5, 0.6) is 5.75 Å². The van der Waals surface area contributed by atoms with Crippen molar-refractivity contribution in [2.45, 2.75) is 84.7 Å². The van der Waals surface area contributed by atoms with Gasteiger partial charge in [-0.25, -0.2) is 0 Å². The molecule has 1 aliphatic rings. The summed E-state index contributed by atoms with van der Waals surface area (Å²) in [5, 5.41) is 2.96. The molecule has 2 aromatic rings. The maximum absolute atomic E-state index is 12.7. The number of aryl methyl sites for hydroxylation is 1.